The second-order valence-electron chi connectivity index (χ2n) is 7.00. The summed E-state index contributed by atoms with van der Waals surface area (Å²) in [7, 11) is -3.25. The number of likely N-dealkylation sites (tertiary alicyclic amines) is 1. The van der Waals surface area contributed by atoms with Crippen molar-refractivity contribution in [1.82, 2.24) is 9.88 Å². The molecule has 1 saturated heterocycles. The average molecular weight is 383 g/mol. The van der Waals surface area contributed by atoms with Crippen LogP contribution >= 0.6 is 11.3 Å². The van der Waals surface area contributed by atoms with E-state index in [9.17, 15) is 8.42 Å². The van der Waals surface area contributed by atoms with Crippen molar-refractivity contribution in [3.8, 4) is 11.1 Å². The summed E-state index contributed by atoms with van der Waals surface area (Å²) >= 11 is 1.66. The van der Waals surface area contributed by atoms with E-state index in [1.807, 2.05) is 29.6 Å². The lowest BCUT2D eigenvalue weighted by Crippen LogP contribution is -2.25. The molecule has 1 aromatic carbocycles. The summed E-state index contributed by atoms with van der Waals surface area (Å²) in [6, 6.07) is 11.9. The van der Waals surface area contributed by atoms with Crippen LogP contribution in [0, 0.1) is 0 Å². The standard InChI is InChI=1S/C20H18N2O2S2/c23-26(24)19-2-1-15(16-5-8-25-13-16)9-17(19)18-11-22(12-20(18)26)10-14-3-6-21-7-4-14/h1-9,13,18,20H,10-12H2/t18-,20+/m0/s1. The fourth-order valence-electron chi connectivity index (χ4n) is 4.21. The van der Waals surface area contributed by atoms with Crippen molar-refractivity contribution < 1.29 is 8.42 Å². The Bertz CT molecular complexity index is 1050. The molecule has 2 aliphatic rings. The third kappa shape index (κ3) is 2.52. The molecule has 4 heterocycles. The minimum Gasteiger partial charge on any atom is -0.297 e. The molecule has 4 nitrogen and oxygen atoms in total. The summed E-state index contributed by atoms with van der Waals surface area (Å²) in [4.78, 5) is 6.84. The van der Waals surface area contributed by atoms with Crippen LogP contribution in [0.1, 0.15) is 17.0 Å². The van der Waals surface area contributed by atoms with Gasteiger partial charge in [0.15, 0.2) is 9.84 Å². The number of nitrogens with zero attached hydrogens (tertiary/aromatic N) is 2. The largest absolute Gasteiger partial charge is 0.297 e. The number of sulfone groups is 1. The van der Waals surface area contributed by atoms with Crippen LogP contribution in [0.5, 0.6) is 0 Å². The highest BCUT2D eigenvalue weighted by Gasteiger charge is 2.50. The van der Waals surface area contributed by atoms with Crippen molar-refractivity contribution in [1.29, 1.82) is 0 Å². The molecule has 0 N–H and O–H groups in total. The van der Waals surface area contributed by atoms with E-state index in [0.717, 1.165) is 29.8 Å². The summed E-state index contributed by atoms with van der Waals surface area (Å²) in [6.07, 6.45) is 3.57. The molecule has 0 radical (unpaired) electrons. The number of pyridine rings is 1. The third-order valence-electron chi connectivity index (χ3n) is 5.47. The summed E-state index contributed by atoms with van der Waals surface area (Å²) in [5, 5.41) is 3.83. The summed E-state index contributed by atoms with van der Waals surface area (Å²) in [5.74, 6) is 0.0652. The molecule has 0 bridgehead atoms. The van der Waals surface area contributed by atoms with Gasteiger partial charge in [0.05, 0.1) is 10.1 Å². The van der Waals surface area contributed by atoms with Gasteiger partial charge in [0.2, 0.25) is 0 Å². The minimum absolute atomic E-state index is 0.0652. The fourth-order valence-corrected chi connectivity index (χ4v) is 7.07. The molecule has 0 unspecified atom stereocenters. The Morgan fingerprint density at radius 1 is 1.08 bits per heavy atom. The maximum Gasteiger partial charge on any atom is 0.183 e. The first-order chi connectivity index (χ1) is 12.6. The molecule has 0 amide bonds. The predicted octanol–water partition coefficient (Wildman–Crippen LogP) is 3.57. The maximum absolute atomic E-state index is 13.0. The van der Waals surface area contributed by atoms with Crippen LogP contribution in [0.25, 0.3) is 11.1 Å². The van der Waals surface area contributed by atoms with E-state index in [2.05, 4.69) is 27.4 Å². The molecule has 132 valence electrons. The summed E-state index contributed by atoms with van der Waals surface area (Å²) < 4.78 is 26.1. The molecule has 0 aliphatic carbocycles. The molecule has 1 fully saturated rings. The van der Waals surface area contributed by atoms with Gasteiger partial charge < -0.3 is 0 Å². The highest BCUT2D eigenvalue weighted by Crippen LogP contribution is 2.46. The summed E-state index contributed by atoms with van der Waals surface area (Å²) in [6.45, 7) is 2.15. The van der Waals surface area contributed by atoms with Crippen molar-refractivity contribution in [2.45, 2.75) is 22.6 Å². The second kappa shape index (κ2) is 6.01. The number of fused-ring (bicyclic) bond motifs is 3. The quantitative estimate of drug-likeness (QED) is 0.695. The first-order valence-corrected chi connectivity index (χ1v) is 11.1. The van der Waals surface area contributed by atoms with E-state index in [1.54, 1.807) is 23.7 Å². The van der Waals surface area contributed by atoms with Crippen LogP contribution in [0.3, 0.4) is 0 Å². The van der Waals surface area contributed by atoms with Crippen LogP contribution in [-0.4, -0.2) is 36.6 Å². The van der Waals surface area contributed by atoms with Crippen molar-refractivity contribution in [2.24, 2.45) is 0 Å². The first kappa shape index (κ1) is 16.2. The molecule has 3 aromatic rings. The molecule has 2 aliphatic heterocycles. The van der Waals surface area contributed by atoms with Gasteiger partial charge in [-0.1, -0.05) is 6.07 Å². The van der Waals surface area contributed by atoms with Crippen molar-refractivity contribution in [3.63, 3.8) is 0 Å². The minimum atomic E-state index is -3.25. The van der Waals surface area contributed by atoms with Crippen molar-refractivity contribution >= 4 is 21.2 Å². The number of aromatic nitrogens is 1. The zero-order valence-electron chi connectivity index (χ0n) is 14.1. The zero-order valence-corrected chi connectivity index (χ0v) is 15.7. The Labute approximate surface area is 157 Å². The third-order valence-corrected chi connectivity index (χ3v) is 8.41. The van der Waals surface area contributed by atoms with Gasteiger partial charge in [0.25, 0.3) is 0 Å². The van der Waals surface area contributed by atoms with Crippen LogP contribution in [0.15, 0.2) is 64.4 Å². The van der Waals surface area contributed by atoms with E-state index in [4.69, 9.17) is 0 Å². The monoisotopic (exact) mass is 382 g/mol. The van der Waals surface area contributed by atoms with Gasteiger partial charge in [0.1, 0.15) is 0 Å². The fraction of sp³-hybridized carbons (Fsp3) is 0.250. The zero-order chi connectivity index (χ0) is 17.7. The molecule has 6 heteroatoms. The van der Waals surface area contributed by atoms with Gasteiger partial charge >= 0.3 is 0 Å². The Hall–Kier alpha value is -2.02. The Kier molecular flexibility index (Phi) is 3.74. The molecular weight excluding hydrogens is 364 g/mol. The normalized spacial score (nSPS) is 23.7. The van der Waals surface area contributed by atoms with Gasteiger partial charge in [-0.2, -0.15) is 11.3 Å². The molecule has 0 spiro atoms. The average Bonchev–Trinajstić information content (AvgIpc) is 3.35. The predicted molar refractivity (Wildman–Crippen MR) is 103 cm³/mol. The lowest BCUT2D eigenvalue weighted by atomic mass is 9.95. The van der Waals surface area contributed by atoms with E-state index < -0.39 is 9.84 Å². The highest BCUT2D eigenvalue weighted by molar-refractivity contribution is 7.92. The van der Waals surface area contributed by atoms with Crippen molar-refractivity contribution in [3.05, 3.63) is 70.7 Å². The molecule has 2 atom stereocenters. The maximum atomic E-state index is 13.0. The van der Waals surface area contributed by atoms with E-state index >= 15 is 0 Å². The van der Waals surface area contributed by atoms with Crippen molar-refractivity contribution in [2.75, 3.05) is 13.1 Å². The SMILES string of the molecule is O=S1(=O)c2ccc(-c3ccsc3)cc2[C@@H]2CN(Cc3ccncc3)C[C@H]21. The Balaban J connectivity index is 1.49. The van der Waals surface area contributed by atoms with Gasteiger partial charge in [-0.25, -0.2) is 8.42 Å². The number of hydrogen-bond acceptors (Lipinski definition) is 5. The van der Waals surface area contributed by atoms with E-state index in [-0.39, 0.29) is 11.2 Å². The molecule has 2 aromatic heterocycles. The van der Waals surface area contributed by atoms with Gasteiger partial charge in [-0.3, -0.25) is 9.88 Å². The van der Waals surface area contributed by atoms with Crippen LogP contribution in [0.4, 0.5) is 0 Å². The topological polar surface area (TPSA) is 50.3 Å². The number of benzene rings is 1. The number of rotatable bonds is 3. The molecule has 0 saturated carbocycles. The van der Waals surface area contributed by atoms with Gasteiger partial charge in [-0.15, -0.1) is 0 Å². The van der Waals surface area contributed by atoms with E-state index in [1.165, 1.54) is 5.56 Å². The Morgan fingerprint density at radius 2 is 1.92 bits per heavy atom. The lowest BCUT2D eigenvalue weighted by Gasteiger charge is -2.17. The van der Waals surface area contributed by atoms with E-state index in [0.29, 0.717) is 11.4 Å². The second-order valence-corrected chi connectivity index (χ2v) is 9.92. The molecule has 26 heavy (non-hydrogen) atoms. The smallest absolute Gasteiger partial charge is 0.183 e. The Morgan fingerprint density at radius 3 is 2.69 bits per heavy atom. The summed E-state index contributed by atoms with van der Waals surface area (Å²) in [5.41, 5.74) is 4.43. The molecule has 5 rings (SSSR count). The van der Waals surface area contributed by atoms with Crippen LogP contribution in [0.2, 0.25) is 0 Å². The lowest BCUT2D eigenvalue weighted by molar-refractivity contribution is 0.325. The first-order valence-electron chi connectivity index (χ1n) is 8.64. The van der Waals surface area contributed by atoms with Gasteiger partial charge in [0, 0.05) is 37.9 Å². The van der Waals surface area contributed by atoms with Crippen LogP contribution < -0.4 is 0 Å². The number of thiophene rings is 1. The molecular formula is C20H18N2O2S2. The van der Waals surface area contributed by atoms with Gasteiger partial charge in [-0.05, 0) is 63.3 Å². The van der Waals surface area contributed by atoms with Crippen LogP contribution in [-0.2, 0) is 16.4 Å². The number of hydrogen-bond donors (Lipinski definition) is 0. The highest BCUT2D eigenvalue weighted by atomic mass is 32.2.